The van der Waals surface area contributed by atoms with Gasteiger partial charge in [0.15, 0.2) is 5.76 Å². The van der Waals surface area contributed by atoms with E-state index < -0.39 is 5.69 Å². The molecule has 1 N–H and O–H groups in total. The number of amides is 1. The molecule has 1 aromatic carbocycles. The van der Waals surface area contributed by atoms with Crippen LogP contribution in [0.1, 0.15) is 20.3 Å². The van der Waals surface area contributed by atoms with Crippen molar-refractivity contribution in [3.05, 3.63) is 53.1 Å². The minimum Gasteiger partial charge on any atom is -0.494 e. The van der Waals surface area contributed by atoms with Crippen LogP contribution in [0.25, 0.3) is 17.3 Å². The summed E-state index contributed by atoms with van der Waals surface area (Å²) in [6, 6.07) is 10.5. The van der Waals surface area contributed by atoms with Gasteiger partial charge >= 0.3 is 5.69 Å². The molecule has 0 aliphatic carbocycles. The normalized spacial score (nSPS) is 12.0. The quantitative estimate of drug-likeness (QED) is 0.689. The molecule has 0 bridgehead atoms. The predicted octanol–water partition coefficient (Wildman–Crippen LogP) is 2.22. The third-order valence-electron chi connectivity index (χ3n) is 4.24. The van der Waals surface area contributed by atoms with Gasteiger partial charge in [0.05, 0.1) is 13.4 Å². The van der Waals surface area contributed by atoms with Crippen molar-refractivity contribution in [2.75, 3.05) is 7.11 Å². The van der Waals surface area contributed by atoms with Gasteiger partial charge in [-0.2, -0.15) is 4.68 Å². The van der Waals surface area contributed by atoms with E-state index in [-0.39, 0.29) is 24.3 Å². The average Bonchev–Trinajstić information content (AvgIpc) is 3.30. The van der Waals surface area contributed by atoms with E-state index in [2.05, 4.69) is 10.4 Å². The zero-order valence-electron chi connectivity index (χ0n) is 15.5. The van der Waals surface area contributed by atoms with Gasteiger partial charge in [-0.3, -0.25) is 9.36 Å². The van der Waals surface area contributed by atoms with Gasteiger partial charge in [-0.05, 0) is 37.6 Å². The number of hydrogen-bond acceptors (Lipinski definition) is 5. The monoisotopic (exact) mass is 370 g/mol. The first kappa shape index (κ1) is 18.5. The number of furan rings is 1. The molecule has 1 amide bonds. The van der Waals surface area contributed by atoms with Crippen LogP contribution in [-0.4, -0.2) is 33.4 Å². The summed E-state index contributed by atoms with van der Waals surface area (Å²) >= 11 is 0. The van der Waals surface area contributed by atoms with Crippen molar-refractivity contribution < 1.29 is 13.9 Å². The molecule has 2 heterocycles. The van der Waals surface area contributed by atoms with Gasteiger partial charge in [0, 0.05) is 6.04 Å². The van der Waals surface area contributed by atoms with Gasteiger partial charge < -0.3 is 14.5 Å². The highest BCUT2D eigenvalue weighted by Crippen LogP contribution is 2.22. The Kier molecular flexibility index (Phi) is 5.44. The predicted molar refractivity (Wildman–Crippen MR) is 100.0 cm³/mol. The van der Waals surface area contributed by atoms with E-state index in [1.165, 1.54) is 22.6 Å². The van der Waals surface area contributed by atoms with Gasteiger partial charge in [0.1, 0.15) is 18.0 Å². The molecule has 142 valence electrons. The van der Waals surface area contributed by atoms with E-state index in [4.69, 9.17) is 9.15 Å². The molecule has 8 heteroatoms. The molecule has 0 aliphatic rings. The van der Waals surface area contributed by atoms with Crippen molar-refractivity contribution in [1.29, 1.82) is 0 Å². The van der Waals surface area contributed by atoms with Crippen LogP contribution in [0.2, 0.25) is 0 Å². The zero-order chi connectivity index (χ0) is 19.4. The zero-order valence-corrected chi connectivity index (χ0v) is 15.5. The van der Waals surface area contributed by atoms with E-state index in [0.717, 1.165) is 6.42 Å². The van der Waals surface area contributed by atoms with Crippen molar-refractivity contribution in [3.63, 3.8) is 0 Å². The fraction of sp³-hybridized carbons (Fsp3) is 0.316. The highest BCUT2D eigenvalue weighted by atomic mass is 16.5. The van der Waals surface area contributed by atoms with Crippen molar-refractivity contribution >= 4 is 5.91 Å². The summed E-state index contributed by atoms with van der Waals surface area (Å²) in [6.45, 7) is 3.73. The first-order valence-corrected chi connectivity index (χ1v) is 8.71. The number of carbonyl (C=O) groups excluding carboxylic acids is 1. The molecule has 0 fully saturated rings. The lowest BCUT2D eigenvalue weighted by molar-refractivity contribution is -0.122. The molecule has 0 saturated carbocycles. The maximum absolute atomic E-state index is 13.0. The lowest BCUT2D eigenvalue weighted by Gasteiger charge is -2.11. The second kappa shape index (κ2) is 7.94. The standard InChI is InChI=1S/C19H22N4O4/c1-4-13(2)20-17(24)12-22-18(16-10-7-11-27-16)21-23(19(22)25)14-8-5-6-9-15(14)26-3/h5-11,13H,4,12H2,1-3H3,(H,20,24). The summed E-state index contributed by atoms with van der Waals surface area (Å²) in [4.78, 5) is 25.4. The number of benzene rings is 1. The van der Waals surface area contributed by atoms with Crippen molar-refractivity contribution in [2.24, 2.45) is 0 Å². The van der Waals surface area contributed by atoms with Gasteiger partial charge in [0.2, 0.25) is 11.7 Å². The molecule has 27 heavy (non-hydrogen) atoms. The summed E-state index contributed by atoms with van der Waals surface area (Å²) in [5.74, 6) is 0.908. The fourth-order valence-corrected chi connectivity index (χ4v) is 2.65. The molecule has 3 rings (SSSR count). The minimum absolute atomic E-state index is 0.0181. The third kappa shape index (κ3) is 3.79. The Labute approximate surface area is 156 Å². The van der Waals surface area contributed by atoms with E-state index >= 15 is 0 Å². The maximum atomic E-state index is 13.0. The topological polar surface area (TPSA) is 91.3 Å². The SMILES string of the molecule is CCC(C)NC(=O)Cn1c(-c2ccco2)nn(-c2ccccc2OC)c1=O. The number of nitrogens with one attached hydrogen (secondary N) is 1. The van der Waals surface area contributed by atoms with Crippen LogP contribution in [0, 0.1) is 0 Å². The smallest absolute Gasteiger partial charge is 0.351 e. The molecule has 3 aromatic rings. The minimum atomic E-state index is -0.454. The summed E-state index contributed by atoms with van der Waals surface area (Å²) < 4.78 is 13.2. The van der Waals surface area contributed by atoms with E-state index in [0.29, 0.717) is 17.2 Å². The van der Waals surface area contributed by atoms with Gasteiger partial charge in [0.25, 0.3) is 0 Å². The van der Waals surface area contributed by atoms with Crippen LogP contribution in [-0.2, 0) is 11.3 Å². The summed E-state index contributed by atoms with van der Waals surface area (Å²) in [5.41, 5.74) is 0.0316. The van der Waals surface area contributed by atoms with Crippen LogP contribution in [0.4, 0.5) is 0 Å². The number of para-hydroxylation sites is 2. The Hall–Kier alpha value is -3.29. The van der Waals surface area contributed by atoms with Crippen LogP contribution in [0.3, 0.4) is 0 Å². The summed E-state index contributed by atoms with van der Waals surface area (Å²) in [5, 5.41) is 7.26. The maximum Gasteiger partial charge on any atom is 0.351 e. The Bertz CT molecular complexity index is 972. The molecule has 0 spiro atoms. The molecule has 0 radical (unpaired) electrons. The molecule has 1 unspecified atom stereocenters. The highest BCUT2D eigenvalue weighted by Gasteiger charge is 2.22. The van der Waals surface area contributed by atoms with Crippen LogP contribution < -0.4 is 15.7 Å². The van der Waals surface area contributed by atoms with E-state index in [1.807, 2.05) is 13.8 Å². The lowest BCUT2D eigenvalue weighted by Crippen LogP contribution is -2.37. The van der Waals surface area contributed by atoms with Crippen molar-refractivity contribution in [1.82, 2.24) is 19.7 Å². The van der Waals surface area contributed by atoms with Crippen LogP contribution >= 0.6 is 0 Å². The molecule has 0 saturated heterocycles. The number of hydrogen-bond donors (Lipinski definition) is 1. The number of ether oxygens (including phenoxy) is 1. The molecule has 8 nitrogen and oxygen atoms in total. The highest BCUT2D eigenvalue weighted by molar-refractivity contribution is 5.76. The van der Waals surface area contributed by atoms with Gasteiger partial charge in [-0.1, -0.05) is 19.1 Å². The molecule has 1 atom stereocenters. The van der Waals surface area contributed by atoms with E-state index in [1.54, 1.807) is 36.4 Å². The molecular weight excluding hydrogens is 348 g/mol. The summed E-state index contributed by atoms with van der Waals surface area (Å²) in [7, 11) is 1.52. The number of nitrogens with zero attached hydrogens (tertiary/aromatic N) is 3. The first-order chi connectivity index (χ1) is 13.0. The number of methoxy groups -OCH3 is 1. The number of carbonyl (C=O) groups is 1. The largest absolute Gasteiger partial charge is 0.494 e. The lowest BCUT2D eigenvalue weighted by atomic mass is 10.2. The molecular formula is C19H22N4O4. The Balaban J connectivity index is 2.08. The number of rotatable bonds is 7. The van der Waals surface area contributed by atoms with Crippen molar-refractivity contribution in [2.45, 2.75) is 32.9 Å². The van der Waals surface area contributed by atoms with Crippen LogP contribution in [0.15, 0.2) is 51.9 Å². The van der Waals surface area contributed by atoms with Crippen LogP contribution in [0.5, 0.6) is 5.75 Å². The Morgan fingerprint density at radius 2 is 2.07 bits per heavy atom. The third-order valence-corrected chi connectivity index (χ3v) is 4.24. The van der Waals surface area contributed by atoms with Gasteiger partial charge in [-0.15, -0.1) is 5.10 Å². The van der Waals surface area contributed by atoms with Crippen molar-refractivity contribution in [3.8, 4) is 23.0 Å². The Morgan fingerprint density at radius 1 is 1.30 bits per heavy atom. The van der Waals surface area contributed by atoms with E-state index in [9.17, 15) is 9.59 Å². The average molecular weight is 370 g/mol. The first-order valence-electron chi connectivity index (χ1n) is 8.71. The number of aromatic nitrogens is 3. The fourth-order valence-electron chi connectivity index (χ4n) is 2.65. The molecule has 0 aliphatic heterocycles. The molecule has 2 aromatic heterocycles. The second-order valence-corrected chi connectivity index (χ2v) is 6.13. The Morgan fingerprint density at radius 3 is 2.74 bits per heavy atom. The van der Waals surface area contributed by atoms with Gasteiger partial charge in [-0.25, -0.2) is 4.79 Å². The second-order valence-electron chi connectivity index (χ2n) is 6.13. The summed E-state index contributed by atoms with van der Waals surface area (Å²) in [6.07, 6.45) is 2.29.